The van der Waals surface area contributed by atoms with Crippen LogP contribution < -0.4 is 4.90 Å². The zero-order chi connectivity index (χ0) is 35.6. The summed E-state index contributed by atoms with van der Waals surface area (Å²) in [5.41, 5.74) is 18.5. The van der Waals surface area contributed by atoms with Gasteiger partial charge in [0.15, 0.2) is 0 Å². The van der Waals surface area contributed by atoms with Crippen LogP contribution >= 0.6 is 0 Å². The van der Waals surface area contributed by atoms with Crippen LogP contribution in [0.4, 0.5) is 17.1 Å². The van der Waals surface area contributed by atoms with E-state index in [0.29, 0.717) is 0 Å². The molecular weight excluding hydrogens is 639 g/mol. The van der Waals surface area contributed by atoms with Gasteiger partial charge in [-0.15, -0.1) is 0 Å². The molecule has 252 valence electrons. The topological polar surface area (TPSA) is 3.24 Å². The number of hydrogen-bond acceptors (Lipinski definition) is 1. The van der Waals surface area contributed by atoms with Gasteiger partial charge >= 0.3 is 0 Å². The molecule has 53 heavy (non-hydrogen) atoms. The van der Waals surface area contributed by atoms with Crippen LogP contribution in [0.2, 0.25) is 0 Å². The van der Waals surface area contributed by atoms with Gasteiger partial charge in [-0.3, -0.25) is 0 Å². The van der Waals surface area contributed by atoms with Crippen molar-refractivity contribution in [3.63, 3.8) is 0 Å². The Kier molecular flexibility index (Phi) is 7.13. The molecule has 0 unspecified atom stereocenters. The van der Waals surface area contributed by atoms with Gasteiger partial charge in [-0.05, 0) is 103 Å². The lowest BCUT2D eigenvalue weighted by Crippen LogP contribution is -2.28. The molecule has 1 heteroatoms. The summed E-state index contributed by atoms with van der Waals surface area (Å²) in [4.78, 5) is 2.43. The van der Waals surface area contributed by atoms with E-state index in [-0.39, 0.29) is 5.41 Å². The van der Waals surface area contributed by atoms with Gasteiger partial charge < -0.3 is 4.90 Å². The molecule has 8 aromatic rings. The van der Waals surface area contributed by atoms with Crippen LogP contribution in [-0.4, -0.2) is 0 Å². The zero-order valence-corrected chi connectivity index (χ0v) is 30.0. The van der Waals surface area contributed by atoms with Crippen LogP contribution in [0.25, 0.3) is 33.4 Å². The minimum absolute atomic E-state index is 0.0518. The van der Waals surface area contributed by atoms with Crippen molar-refractivity contribution in [1.29, 1.82) is 0 Å². The van der Waals surface area contributed by atoms with Crippen LogP contribution in [-0.2, 0) is 10.8 Å². The maximum atomic E-state index is 2.43. The van der Waals surface area contributed by atoms with Crippen molar-refractivity contribution in [3.05, 3.63) is 234 Å². The Bertz CT molecular complexity index is 2590. The van der Waals surface area contributed by atoms with Crippen LogP contribution in [0.3, 0.4) is 0 Å². The van der Waals surface area contributed by atoms with E-state index in [4.69, 9.17) is 0 Å². The van der Waals surface area contributed by atoms with Crippen molar-refractivity contribution in [2.45, 2.75) is 24.7 Å². The Hall–Kier alpha value is -6.44. The monoisotopic (exact) mass is 677 g/mol. The van der Waals surface area contributed by atoms with E-state index in [1.807, 2.05) is 0 Å². The standard InChI is InChI=1S/C52H39N/c1-51(2)47-25-12-9-24-45(47)46-35-42(32-33-48(46)51)53(41-21-15-18-37(34-41)36-16-5-3-6-17-36)40-30-28-39(29-31-40)52(38-19-7-4-8-20-38)49-26-13-10-22-43(49)44-23-11-14-27-50(44)52/h3-35H,1-2H3. The molecule has 8 aromatic carbocycles. The molecule has 0 bridgehead atoms. The highest BCUT2D eigenvalue weighted by Crippen LogP contribution is 2.56. The van der Waals surface area contributed by atoms with Gasteiger partial charge in [0.05, 0.1) is 5.41 Å². The van der Waals surface area contributed by atoms with Crippen molar-refractivity contribution in [3.8, 4) is 33.4 Å². The third kappa shape index (κ3) is 4.70. The minimum Gasteiger partial charge on any atom is -0.310 e. The van der Waals surface area contributed by atoms with E-state index in [2.05, 4.69) is 219 Å². The zero-order valence-electron chi connectivity index (χ0n) is 30.0. The highest BCUT2D eigenvalue weighted by molar-refractivity contribution is 5.89. The van der Waals surface area contributed by atoms with E-state index in [1.54, 1.807) is 0 Å². The van der Waals surface area contributed by atoms with Crippen molar-refractivity contribution in [2.24, 2.45) is 0 Å². The van der Waals surface area contributed by atoms with Crippen molar-refractivity contribution in [2.75, 3.05) is 4.90 Å². The number of hydrogen-bond donors (Lipinski definition) is 0. The molecule has 1 nitrogen and oxygen atoms in total. The predicted molar refractivity (Wildman–Crippen MR) is 221 cm³/mol. The smallest absolute Gasteiger partial charge is 0.0713 e. The summed E-state index contributed by atoms with van der Waals surface area (Å²) in [6.45, 7) is 4.69. The number of nitrogens with zero attached hydrogens (tertiary/aromatic N) is 1. The Morgan fingerprint density at radius 1 is 0.321 bits per heavy atom. The molecule has 0 N–H and O–H groups in total. The highest BCUT2D eigenvalue weighted by atomic mass is 15.1. The van der Waals surface area contributed by atoms with Crippen molar-refractivity contribution in [1.82, 2.24) is 0 Å². The third-order valence-corrected chi connectivity index (χ3v) is 11.8. The van der Waals surface area contributed by atoms with Gasteiger partial charge in [-0.1, -0.05) is 178 Å². The molecule has 0 amide bonds. The van der Waals surface area contributed by atoms with Crippen LogP contribution in [0.5, 0.6) is 0 Å². The molecule has 2 aliphatic rings. The predicted octanol–water partition coefficient (Wildman–Crippen LogP) is 13.5. The molecule has 0 spiro atoms. The molecule has 0 atom stereocenters. The molecule has 0 fully saturated rings. The summed E-state index contributed by atoms with van der Waals surface area (Å²) in [5, 5.41) is 0. The molecule has 2 aliphatic carbocycles. The summed E-state index contributed by atoms with van der Waals surface area (Å²) in [5.74, 6) is 0. The largest absolute Gasteiger partial charge is 0.310 e. The minimum atomic E-state index is -0.437. The fourth-order valence-corrected chi connectivity index (χ4v) is 9.32. The average molecular weight is 678 g/mol. The van der Waals surface area contributed by atoms with Crippen LogP contribution in [0.15, 0.2) is 200 Å². The molecule has 0 saturated carbocycles. The molecule has 0 heterocycles. The van der Waals surface area contributed by atoms with Gasteiger partial charge in [-0.2, -0.15) is 0 Å². The molecular formula is C52H39N. The van der Waals surface area contributed by atoms with Gasteiger partial charge in [-0.25, -0.2) is 0 Å². The molecule has 0 aliphatic heterocycles. The summed E-state index contributed by atoms with van der Waals surface area (Å²) in [6, 6.07) is 73.9. The lowest BCUT2D eigenvalue weighted by Gasteiger charge is -2.34. The van der Waals surface area contributed by atoms with Crippen LogP contribution in [0, 0.1) is 0 Å². The number of rotatable bonds is 6. The second-order valence-electron chi connectivity index (χ2n) is 14.9. The average Bonchev–Trinajstić information content (AvgIpc) is 3.65. The summed E-state index contributed by atoms with van der Waals surface area (Å²) < 4.78 is 0. The van der Waals surface area contributed by atoms with Gasteiger partial charge in [0.1, 0.15) is 0 Å². The van der Waals surface area contributed by atoms with Crippen molar-refractivity contribution >= 4 is 17.1 Å². The van der Waals surface area contributed by atoms with Gasteiger partial charge in [0, 0.05) is 22.5 Å². The van der Waals surface area contributed by atoms with E-state index in [0.717, 1.165) is 17.1 Å². The number of fused-ring (bicyclic) bond motifs is 6. The fourth-order valence-electron chi connectivity index (χ4n) is 9.32. The molecule has 10 rings (SSSR count). The van der Waals surface area contributed by atoms with E-state index in [1.165, 1.54) is 66.8 Å². The maximum absolute atomic E-state index is 2.43. The van der Waals surface area contributed by atoms with E-state index in [9.17, 15) is 0 Å². The van der Waals surface area contributed by atoms with Crippen LogP contribution in [0.1, 0.15) is 47.2 Å². The lowest BCUT2D eigenvalue weighted by atomic mass is 9.68. The summed E-state index contributed by atoms with van der Waals surface area (Å²) in [6.07, 6.45) is 0. The Morgan fingerprint density at radius 2 is 0.792 bits per heavy atom. The SMILES string of the molecule is CC1(C)c2ccccc2-c2cc(N(c3ccc(C4(c5ccccc5)c5ccccc5-c5ccccc54)cc3)c3cccc(-c4ccccc4)c3)ccc21. The number of benzene rings is 8. The van der Waals surface area contributed by atoms with Gasteiger partial charge in [0.2, 0.25) is 0 Å². The molecule has 0 aromatic heterocycles. The second kappa shape index (κ2) is 12.1. The number of anilines is 3. The first kappa shape index (κ1) is 31.3. The lowest BCUT2D eigenvalue weighted by molar-refractivity contribution is 0.660. The first-order valence-electron chi connectivity index (χ1n) is 18.6. The normalized spacial score (nSPS) is 14.2. The van der Waals surface area contributed by atoms with E-state index < -0.39 is 5.41 Å². The van der Waals surface area contributed by atoms with E-state index >= 15 is 0 Å². The fraction of sp³-hybridized carbons (Fsp3) is 0.0769. The summed E-state index contributed by atoms with van der Waals surface area (Å²) >= 11 is 0. The first-order valence-corrected chi connectivity index (χ1v) is 18.6. The summed E-state index contributed by atoms with van der Waals surface area (Å²) in [7, 11) is 0. The quantitative estimate of drug-likeness (QED) is 0.169. The highest BCUT2D eigenvalue weighted by Gasteiger charge is 2.46. The van der Waals surface area contributed by atoms with Gasteiger partial charge in [0.25, 0.3) is 0 Å². The molecule has 0 saturated heterocycles. The Balaban J connectivity index is 1.17. The second-order valence-corrected chi connectivity index (χ2v) is 14.9. The maximum Gasteiger partial charge on any atom is 0.0713 e. The first-order chi connectivity index (χ1) is 26.0. The van der Waals surface area contributed by atoms with Crippen molar-refractivity contribution < 1.29 is 0 Å². The third-order valence-electron chi connectivity index (χ3n) is 11.8. The molecule has 0 radical (unpaired) electrons. The Morgan fingerprint density at radius 3 is 1.45 bits per heavy atom. The Labute approximate surface area is 312 Å².